The van der Waals surface area contributed by atoms with Gasteiger partial charge in [-0.3, -0.25) is 0 Å². The summed E-state index contributed by atoms with van der Waals surface area (Å²) in [6, 6.07) is 3.24. The predicted octanol–water partition coefficient (Wildman–Crippen LogP) is 6.20. The standard InChI is InChI=1S/C12H11BrCl4O2/c1-2-10(13)19-12-8(14)5-7(6-9(12)15)18-4-3-11(16)17/h3,5-6,10H,2,4H2,1H3. The maximum Gasteiger partial charge on any atom is 0.158 e. The van der Waals surface area contributed by atoms with Crippen molar-refractivity contribution in [2.75, 3.05) is 6.61 Å². The van der Waals surface area contributed by atoms with Crippen LogP contribution in [0.15, 0.2) is 22.7 Å². The number of hydrogen-bond donors (Lipinski definition) is 0. The fourth-order valence-electron chi connectivity index (χ4n) is 1.14. The lowest BCUT2D eigenvalue weighted by Crippen LogP contribution is -2.06. The van der Waals surface area contributed by atoms with Crippen LogP contribution in [-0.2, 0) is 0 Å². The molecule has 19 heavy (non-hydrogen) atoms. The third kappa shape index (κ3) is 6.01. The number of benzene rings is 1. The van der Waals surface area contributed by atoms with Crippen LogP contribution in [0, 0.1) is 0 Å². The molecule has 0 amide bonds. The smallest absolute Gasteiger partial charge is 0.158 e. The van der Waals surface area contributed by atoms with E-state index in [0.717, 1.165) is 6.42 Å². The largest absolute Gasteiger partial charge is 0.489 e. The molecule has 1 rings (SSSR count). The monoisotopic (exact) mass is 406 g/mol. The Morgan fingerprint density at radius 3 is 2.37 bits per heavy atom. The van der Waals surface area contributed by atoms with Gasteiger partial charge in [-0.05, 0) is 28.4 Å². The predicted molar refractivity (Wildman–Crippen MR) is 85.4 cm³/mol. The minimum atomic E-state index is -0.146. The highest BCUT2D eigenvalue weighted by Gasteiger charge is 2.13. The van der Waals surface area contributed by atoms with Gasteiger partial charge in [0.1, 0.15) is 16.8 Å². The second kappa shape index (κ2) is 8.48. The average molecular weight is 409 g/mol. The molecule has 0 saturated heterocycles. The molecule has 1 aromatic carbocycles. The SMILES string of the molecule is CCC(Br)Oc1c(Cl)cc(OCC=C(Cl)Cl)cc1Cl. The van der Waals surface area contributed by atoms with Crippen molar-refractivity contribution in [1.82, 2.24) is 0 Å². The molecule has 0 aliphatic heterocycles. The second-order valence-corrected chi connectivity index (χ2v) is 6.30. The van der Waals surface area contributed by atoms with Gasteiger partial charge in [-0.15, -0.1) is 0 Å². The zero-order chi connectivity index (χ0) is 14.4. The summed E-state index contributed by atoms with van der Waals surface area (Å²) in [6.45, 7) is 2.20. The van der Waals surface area contributed by atoms with E-state index in [0.29, 0.717) is 21.5 Å². The highest BCUT2D eigenvalue weighted by Crippen LogP contribution is 2.38. The Hall–Kier alpha value is 0.200. The van der Waals surface area contributed by atoms with Gasteiger partial charge in [-0.2, -0.15) is 0 Å². The van der Waals surface area contributed by atoms with Crippen molar-refractivity contribution < 1.29 is 9.47 Å². The van der Waals surface area contributed by atoms with Crippen LogP contribution in [0.3, 0.4) is 0 Å². The van der Waals surface area contributed by atoms with Crippen molar-refractivity contribution in [2.24, 2.45) is 0 Å². The molecule has 0 N–H and O–H groups in total. The first-order chi connectivity index (χ1) is 8.93. The van der Waals surface area contributed by atoms with Crippen LogP contribution in [0.1, 0.15) is 13.3 Å². The molecule has 0 aromatic heterocycles. The van der Waals surface area contributed by atoms with Gasteiger partial charge in [0.15, 0.2) is 10.8 Å². The van der Waals surface area contributed by atoms with Gasteiger partial charge in [0, 0.05) is 12.1 Å². The van der Waals surface area contributed by atoms with Gasteiger partial charge < -0.3 is 9.47 Å². The average Bonchev–Trinajstić information content (AvgIpc) is 2.33. The summed E-state index contributed by atoms with van der Waals surface area (Å²) >= 11 is 26.5. The Balaban J connectivity index is 2.81. The van der Waals surface area contributed by atoms with E-state index in [2.05, 4.69) is 15.9 Å². The van der Waals surface area contributed by atoms with Gasteiger partial charge in [0.05, 0.1) is 10.0 Å². The van der Waals surface area contributed by atoms with Crippen LogP contribution in [0.5, 0.6) is 11.5 Å². The van der Waals surface area contributed by atoms with E-state index >= 15 is 0 Å². The molecular formula is C12H11BrCl4O2. The zero-order valence-corrected chi connectivity index (χ0v) is 14.5. The van der Waals surface area contributed by atoms with Gasteiger partial charge in [0.2, 0.25) is 0 Å². The molecule has 0 fully saturated rings. The van der Waals surface area contributed by atoms with Gasteiger partial charge in [-0.1, -0.05) is 53.3 Å². The molecule has 7 heteroatoms. The van der Waals surface area contributed by atoms with E-state index in [-0.39, 0.29) is 16.1 Å². The minimum absolute atomic E-state index is 0.141. The third-order valence-electron chi connectivity index (χ3n) is 2.03. The van der Waals surface area contributed by atoms with E-state index in [1.54, 1.807) is 12.1 Å². The topological polar surface area (TPSA) is 18.5 Å². The first-order valence-electron chi connectivity index (χ1n) is 5.37. The Kier molecular flexibility index (Phi) is 7.70. The number of hydrogen-bond acceptors (Lipinski definition) is 2. The van der Waals surface area contributed by atoms with Crippen molar-refractivity contribution in [2.45, 2.75) is 18.4 Å². The van der Waals surface area contributed by atoms with Gasteiger partial charge in [0.25, 0.3) is 0 Å². The number of rotatable bonds is 6. The van der Waals surface area contributed by atoms with Crippen LogP contribution in [0.2, 0.25) is 10.0 Å². The number of halogens is 5. The van der Waals surface area contributed by atoms with E-state index < -0.39 is 0 Å². The number of ether oxygens (including phenoxy) is 2. The van der Waals surface area contributed by atoms with E-state index in [1.807, 2.05) is 6.92 Å². The van der Waals surface area contributed by atoms with Crippen LogP contribution >= 0.6 is 62.3 Å². The van der Waals surface area contributed by atoms with Crippen LogP contribution in [0.25, 0.3) is 0 Å². The quantitative estimate of drug-likeness (QED) is 0.521. The minimum Gasteiger partial charge on any atom is -0.489 e. The lowest BCUT2D eigenvalue weighted by Gasteiger charge is -2.15. The summed E-state index contributed by atoms with van der Waals surface area (Å²) < 4.78 is 11.1. The summed E-state index contributed by atoms with van der Waals surface area (Å²) in [6.07, 6.45) is 2.30. The molecule has 0 spiro atoms. The molecule has 1 atom stereocenters. The Morgan fingerprint density at radius 2 is 1.89 bits per heavy atom. The first-order valence-corrected chi connectivity index (χ1v) is 7.80. The molecule has 2 nitrogen and oxygen atoms in total. The fraction of sp³-hybridized carbons (Fsp3) is 0.333. The Morgan fingerprint density at radius 1 is 1.32 bits per heavy atom. The van der Waals surface area contributed by atoms with E-state index in [4.69, 9.17) is 55.9 Å². The second-order valence-electron chi connectivity index (χ2n) is 3.46. The molecule has 0 aliphatic carbocycles. The van der Waals surface area contributed by atoms with Crippen LogP contribution < -0.4 is 9.47 Å². The van der Waals surface area contributed by atoms with Crippen molar-refractivity contribution in [3.05, 3.63) is 32.7 Å². The summed E-state index contributed by atoms with van der Waals surface area (Å²) in [5.74, 6) is 0.932. The summed E-state index contributed by atoms with van der Waals surface area (Å²) in [5.41, 5.74) is 0. The van der Waals surface area contributed by atoms with E-state index in [1.165, 1.54) is 6.08 Å². The molecule has 0 saturated carbocycles. The summed E-state index contributed by atoms with van der Waals surface area (Å²) in [5, 5.41) is 0.606. The lowest BCUT2D eigenvalue weighted by atomic mass is 10.3. The van der Waals surface area contributed by atoms with Crippen molar-refractivity contribution in [3.63, 3.8) is 0 Å². The summed E-state index contributed by atoms with van der Waals surface area (Å²) in [4.78, 5) is 0. The van der Waals surface area contributed by atoms with Crippen LogP contribution in [-0.4, -0.2) is 11.6 Å². The van der Waals surface area contributed by atoms with Gasteiger partial charge >= 0.3 is 0 Å². The number of alkyl halides is 1. The maximum atomic E-state index is 6.10. The van der Waals surface area contributed by atoms with Crippen molar-refractivity contribution in [3.8, 4) is 11.5 Å². The molecule has 0 aliphatic rings. The fourth-order valence-corrected chi connectivity index (χ4v) is 2.01. The van der Waals surface area contributed by atoms with Crippen molar-refractivity contribution in [1.29, 1.82) is 0 Å². The third-order valence-corrected chi connectivity index (χ3v) is 3.73. The zero-order valence-electron chi connectivity index (χ0n) is 9.93. The Labute approximate surface area is 140 Å². The van der Waals surface area contributed by atoms with Gasteiger partial charge in [-0.25, -0.2) is 0 Å². The lowest BCUT2D eigenvalue weighted by molar-refractivity contribution is 0.290. The first kappa shape index (κ1) is 17.3. The molecule has 1 aromatic rings. The normalized spacial score (nSPS) is 11.9. The highest BCUT2D eigenvalue weighted by molar-refractivity contribution is 9.09. The maximum absolute atomic E-state index is 6.10. The van der Waals surface area contributed by atoms with E-state index in [9.17, 15) is 0 Å². The highest BCUT2D eigenvalue weighted by atomic mass is 79.9. The molecule has 1 unspecified atom stereocenters. The molecule has 0 radical (unpaired) electrons. The molecule has 0 heterocycles. The molecule has 0 bridgehead atoms. The Bertz CT molecular complexity index is 438. The molecular weight excluding hydrogens is 398 g/mol. The van der Waals surface area contributed by atoms with Crippen LogP contribution in [0.4, 0.5) is 0 Å². The molecule has 106 valence electrons. The summed E-state index contributed by atoms with van der Waals surface area (Å²) in [7, 11) is 0. The van der Waals surface area contributed by atoms with Crippen molar-refractivity contribution >= 4 is 62.3 Å².